The van der Waals surface area contributed by atoms with Gasteiger partial charge in [-0.3, -0.25) is 9.59 Å². The van der Waals surface area contributed by atoms with Crippen molar-refractivity contribution >= 4 is 38.8 Å². The summed E-state index contributed by atoms with van der Waals surface area (Å²) in [5, 5.41) is 21.9. The average Bonchev–Trinajstić information content (AvgIpc) is 2.70. The Hall–Kier alpha value is -2.40. The van der Waals surface area contributed by atoms with Crippen LogP contribution in [0.5, 0.6) is 5.75 Å². The van der Waals surface area contributed by atoms with Gasteiger partial charge < -0.3 is 10.2 Å². The van der Waals surface area contributed by atoms with Gasteiger partial charge in [0.1, 0.15) is 11.5 Å². The number of aliphatic hydroxyl groups is 1. The van der Waals surface area contributed by atoms with Gasteiger partial charge in [0.2, 0.25) is 11.6 Å². The first-order valence-corrected chi connectivity index (χ1v) is 12.1. The maximum Gasteiger partial charge on any atom is 0.237 e. The van der Waals surface area contributed by atoms with Crippen LogP contribution in [0.25, 0.3) is 11.3 Å². The number of benzene rings is 2. The number of allylic oxidation sites excluding steroid dienone is 1. The largest absolute Gasteiger partial charge is 0.506 e. The number of fused-ring (bicyclic) bond motifs is 2. The van der Waals surface area contributed by atoms with Crippen LogP contribution in [-0.2, 0) is 21.0 Å². The summed E-state index contributed by atoms with van der Waals surface area (Å²) >= 11 is 3.37. The molecule has 0 bridgehead atoms. The third-order valence-electron chi connectivity index (χ3n) is 7.32. The Morgan fingerprint density at radius 3 is 1.85 bits per heavy atom. The van der Waals surface area contributed by atoms with Gasteiger partial charge in [0.25, 0.3) is 0 Å². The van der Waals surface area contributed by atoms with E-state index < -0.39 is 17.0 Å². The number of halogens is 1. The van der Waals surface area contributed by atoms with E-state index in [9.17, 15) is 19.8 Å². The number of hydrogen-bond donors (Lipinski definition) is 2. The Labute approximate surface area is 203 Å². The highest BCUT2D eigenvalue weighted by molar-refractivity contribution is 9.10. The van der Waals surface area contributed by atoms with Gasteiger partial charge in [0, 0.05) is 16.7 Å². The van der Waals surface area contributed by atoms with Gasteiger partial charge in [-0.05, 0) is 86.0 Å². The second kappa shape index (κ2) is 7.30. The van der Waals surface area contributed by atoms with Crippen molar-refractivity contribution < 1.29 is 19.8 Å². The van der Waals surface area contributed by atoms with Crippen LogP contribution < -0.4 is 0 Å². The lowest BCUT2D eigenvalue weighted by Crippen LogP contribution is -2.35. The number of hydrogen-bond acceptors (Lipinski definition) is 4. The van der Waals surface area contributed by atoms with Crippen molar-refractivity contribution in [1.29, 1.82) is 0 Å². The number of carbonyl (C=O) groups excluding carboxylic acids is 2. The predicted octanol–water partition coefficient (Wildman–Crippen LogP) is 6.99. The van der Waals surface area contributed by atoms with Crippen LogP contribution in [0.2, 0.25) is 0 Å². The smallest absolute Gasteiger partial charge is 0.237 e. The molecule has 0 fully saturated rings. The lowest BCUT2D eigenvalue weighted by atomic mass is 9.62. The molecule has 4 rings (SSSR count). The molecule has 2 aromatic carbocycles. The van der Waals surface area contributed by atoms with Gasteiger partial charge in [0.05, 0.1) is 10.0 Å². The zero-order valence-corrected chi connectivity index (χ0v) is 21.9. The van der Waals surface area contributed by atoms with Crippen molar-refractivity contribution in [2.45, 2.75) is 77.6 Å². The van der Waals surface area contributed by atoms with E-state index in [2.05, 4.69) is 43.6 Å². The van der Waals surface area contributed by atoms with Gasteiger partial charge in [-0.25, -0.2) is 0 Å². The maximum atomic E-state index is 13.3. The minimum atomic E-state index is -0.731. The molecule has 5 heteroatoms. The van der Waals surface area contributed by atoms with E-state index in [1.165, 1.54) is 0 Å². The summed E-state index contributed by atoms with van der Waals surface area (Å²) in [6, 6.07) is 7.00. The highest BCUT2D eigenvalue weighted by atomic mass is 79.9. The lowest BCUT2D eigenvalue weighted by Gasteiger charge is -2.42. The number of aromatic hydroxyl groups is 1. The third-order valence-corrected chi connectivity index (χ3v) is 7.93. The number of aliphatic hydroxyl groups excluding tert-OH is 1. The van der Waals surface area contributed by atoms with Gasteiger partial charge in [0.15, 0.2) is 0 Å². The minimum Gasteiger partial charge on any atom is -0.506 e. The molecule has 0 unspecified atom stereocenters. The van der Waals surface area contributed by atoms with Crippen LogP contribution in [-0.4, -0.2) is 21.8 Å². The molecule has 33 heavy (non-hydrogen) atoms. The van der Waals surface area contributed by atoms with Gasteiger partial charge in [-0.2, -0.15) is 0 Å². The van der Waals surface area contributed by atoms with Gasteiger partial charge >= 0.3 is 0 Å². The first-order valence-electron chi connectivity index (χ1n) is 11.3. The monoisotopic (exact) mass is 510 g/mol. The summed E-state index contributed by atoms with van der Waals surface area (Å²) in [6.45, 7) is 14.5. The summed E-state index contributed by atoms with van der Waals surface area (Å²) in [6.07, 6.45) is 1.98. The van der Waals surface area contributed by atoms with Crippen LogP contribution in [0.3, 0.4) is 0 Å². The first kappa shape index (κ1) is 23.7. The molecule has 4 nitrogen and oxygen atoms in total. The van der Waals surface area contributed by atoms with E-state index in [0.29, 0.717) is 21.2 Å². The van der Waals surface area contributed by atoms with E-state index >= 15 is 0 Å². The molecule has 174 valence electrons. The van der Waals surface area contributed by atoms with Crippen molar-refractivity contribution in [3.63, 3.8) is 0 Å². The number of phenolic OH excluding ortho intramolecular Hbond substituents is 1. The van der Waals surface area contributed by atoms with Crippen molar-refractivity contribution in [3.05, 3.63) is 62.1 Å². The van der Waals surface area contributed by atoms with E-state index in [-0.39, 0.29) is 33.5 Å². The molecular weight excluding hydrogens is 480 g/mol. The van der Waals surface area contributed by atoms with Crippen molar-refractivity contribution in [3.8, 4) is 5.75 Å². The number of ketones is 2. The highest BCUT2D eigenvalue weighted by Gasteiger charge is 2.41. The number of Topliss-reactive ketones (excluding diaryl/α,β-unsaturated/α-hetero) is 2. The molecule has 2 aliphatic carbocycles. The molecule has 0 amide bonds. The zero-order chi connectivity index (χ0) is 24.7. The molecule has 2 aliphatic rings. The SMILES string of the molecule is CC(C)(C)c1cc(C2=C(O)c3cc4c(cc3C(=O)C2=O)C(C)(C)CCC4(C)C)cc(Br)c1O. The molecule has 0 heterocycles. The Balaban J connectivity index is 2.02. The topological polar surface area (TPSA) is 74.6 Å². The van der Waals surface area contributed by atoms with Crippen molar-refractivity contribution in [2.75, 3.05) is 0 Å². The quantitative estimate of drug-likeness (QED) is 0.405. The Morgan fingerprint density at radius 1 is 0.818 bits per heavy atom. The number of phenols is 1. The van der Waals surface area contributed by atoms with Crippen LogP contribution in [0.1, 0.15) is 99.5 Å². The van der Waals surface area contributed by atoms with E-state index in [0.717, 1.165) is 24.0 Å². The second-order valence-corrected chi connectivity index (χ2v) is 12.6. The molecule has 0 radical (unpaired) electrons. The van der Waals surface area contributed by atoms with Crippen molar-refractivity contribution in [2.24, 2.45) is 0 Å². The van der Waals surface area contributed by atoms with E-state index in [1.807, 2.05) is 32.9 Å². The molecule has 2 aromatic rings. The Kier molecular flexibility index (Phi) is 5.25. The Bertz CT molecular complexity index is 1260. The molecule has 0 atom stereocenters. The molecule has 0 saturated heterocycles. The molecule has 0 aliphatic heterocycles. The second-order valence-electron chi connectivity index (χ2n) is 11.7. The van der Waals surface area contributed by atoms with Crippen LogP contribution >= 0.6 is 15.9 Å². The normalized spacial score (nSPS) is 19.4. The third kappa shape index (κ3) is 3.65. The number of carbonyl (C=O) groups is 2. The van der Waals surface area contributed by atoms with E-state index in [4.69, 9.17) is 0 Å². The van der Waals surface area contributed by atoms with E-state index in [1.54, 1.807) is 12.1 Å². The van der Waals surface area contributed by atoms with Crippen LogP contribution in [0.4, 0.5) is 0 Å². The fraction of sp³-hybridized carbons (Fsp3) is 0.429. The summed E-state index contributed by atoms with van der Waals surface area (Å²) in [5.41, 5.74) is 3.21. The predicted molar refractivity (Wildman–Crippen MR) is 135 cm³/mol. The molecule has 0 spiro atoms. The molecule has 2 N–H and O–H groups in total. The molecule has 0 saturated carbocycles. The standard InChI is InChI=1S/C28H31BrO4/c1-26(2,3)19-10-14(11-20(29)24(19)32)21-22(30)15-12-17-18(13-16(15)23(31)25(21)33)28(6,7)9-8-27(17,4)5/h10-13,30,32H,8-9H2,1-7H3. The summed E-state index contributed by atoms with van der Waals surface area (Å²) < 4.78 is 0.407. The maximum absolute atomic E-state index is 13.3. The first-order chi connectivity index (χ1) is 15.1. The van der Waals surface area contributed by atoms with Crippen LogP contribution in [0, 0.1) is 0 Å². The van der Waals surface area contributed by atoms with Crippen molar-refractivity contribution in [1.82, 2.24) is 0 Å². The lowest BCUT2D eigenvalue weighted by molar-refractivity contribution is -0.110. The summed E-state index contributed by atoms with van der Waals surface area (Å²) in [5.74, 6) is -1.44. The molecular formula is C28H31BrO4. The molecule has 0 aromatic heterocycles. The number of rotatable bonds is 1. The summed E-state index contributed by atoms with van der Waals surface area (Å²) in [7, 11) is 0. The van der Waals surface area contributed by atoms with Crippen LogP contribution in [0.15, 0.2) is 28.7 Å². The minimum absolute atomic E-state index is 0.0217. The fourth-order valence-electron chi connectivity index (χ4n) is 5.06. The Morgan fingerprint density at radius 2 is 1.33 bits per heavy atom. The fourth-order valence-corrected chi connectivity index (χ4v) is 5.52. The highest BCUT2D eigenvalue weighted by Crippen LogP contribution is 2.49. The summed E-state index contributed by atoms with van der Waals surface area (Å²) in [4.78, 5) is 26.5. The average molecular weight is 511 g/mol. The zero-order valence-electron chi connectivity index (χ0n) is 20.3. The van der Waals surface area contributed by atoms with Gasteiger partial charge in [-0.15, -0.1) is 0 Å². The van der Waals surface area contributed by atoms with Gasteiger partial charge in [-0.1, -0.05) is 48.5 Å².